The highest BCUT2D eigenvalue weighted by Crippen LogP contribution is 2.20. The van der Waals surface area contributed by atoms with Crippen molar-refractivity contribution in [1.29, 1.82) is 0 Å². The van der Waals surface area contributed by atoms with Gasteiger partial charge in [0.15, 0.2) is 0 Å². The van der Waals surface area contributed by atoms with E-state index in [9.17, 15) is 13.2 Å². The number of benzene rings is 1. The van der Waals surface area contributed by atoms with Gasteiger partial charge in [-0.2, -0.15) is 0 Å². The number of halogens is 1. The van der Waals surface area contributed by atoms with Gasteiger partial charge in [0.05, 0.1) is 12.3 Å². The Morgan fingerprint density at radius 3 is 2.36 bits per heavy atom. The molecule has 0 fully saturated rings. The first-order chi connectivity index (χ1) is 10.2. The molecule has 0 saturated carbocycles. The molecule has 0 aromatic heterocycles. The second-order valence-corrected chi connectivity index (χ2v) is 7.67. The van der Waals surface area contributed by atoms with Gasteiger partial charge in [0.2, 0.25) is 15.9 Å². The highest BCUT2D eigenvalue weighted by atomic mass is 35.5. The molecule has 2 atom stereocenters. The number of carbonyl (C=O) groups is 1. The molecular formula is C15H23ClN2O3S. The van der Waals surface area contributed by atoms with Crippen molar-refractivity contribution < 1.29 is 13.2 Å². The van der Waals surface area contributed by atoms with Gasteiger partial charge in [-0.25, -0.2) is 13.1 Å². The summed E-state index contributed by atoms with van der Waals surface area (Å²) in [5, 5.41) is 3.44. The summed E-state index contributed by atoms with van der Waals surface area (Å²) in [7, 11) is -3.43. The molecule has 0 aliphatic heterocycles. The highest BCUT2D eigenvalue weighted by Gasteiger charge is 2.20. The molecule has 0 unspecified atom stereocenters. The van der Waals surface area contributed by atoms with Gasteiger partial charge in [-0.1, -0.05) is 37.1 Å². The van der Waals surface area contributed by atoms with Gasteiger partial charge in [0.1, 0.15) is 0 Å². The van der Waals surface area contributed by atoms with Crippen molar-refractivity contribution >= 4 is 27.5 Å². The average molecular weight is 347 g/mol. The van der Waals surface area contributed by atoms with E-state index in [0.29, 0.717) is 10.6 Å². The van der Waals surface area contributed by atoms with Gasteiger partial charge in [-0.05, 0) is 31.0 Å². The molecule has 0 aliphatic rings. The summed E-state index contributed by atoms with van der Waals surface area (Å²) in [6.45, 7) is 3.98. The summed E-state index contributed by atoms with van der Waals surface area (Å²) in [6, 6.07) is 6.24. The SMILES string of the molecule is CCC[C@@H](C)NC(=O)C[C@@H](NS(C)(=O)=O)c1ccc(Cl)cc1. The lowest BCUT2D eigenvalue weighted by Gasteiger charge is -2.19. The third-order valence-corrected chi connectivity index (χ3v) is 4.11. The molecule has 0 heterocycles. The zero-order valence-electron chi connectivity index (χ0n) is 13.1. The molecule has 7 heteroatoms. The Hall–Kier alpha value is -1.11. The van der Waals surface area contributed by atoms with Crippen molar-refractivity contribution in [3.8, 4) is 0 Å². The summed E-state index contributed by atoms with van der Waals surface area (Å²) in [5.41, 5.74) is 0.702. The Bertz CT molecular complexity index is 587. The third-order valence-electron chi connectivity index (χ3n) is 3.15. The zero-order valence-corrected chi connectivity index (χ0v) is 14.7. The normalized spacial score (nSPS) is 14.4. The number of hydrogen-bond acceptors (Lipinski definition) is 3. The fourth-order valence-corrected chi connectivity index (χ4v) is 3.07. The van der Waals surface area contributed by atoms with Crippen LogP contribution in [0.25, 0.3) is 0 Å². The van der Waals surface area contributed by atoms with Crippen LogP contribution in [-0.4, -0.2) is 26.6 Å². The molecule has 0 bridgehead atoms. The first kappa shape index (κ1) is 18.9. The van der Waals surface area contributed by atoms with E-state index in [1.807, 2.05) is 13.8 Å². The molecule has 0 saturated heterocycles. The average Bonchev–Trinajstić information content (AvgIpc) is 2.37. The molecule has 0 radical (unpaired) electrons. The van der Waals surface area contributed by atoms with Crippen LogP contribution in [-0.2, 0) is 14.8 Å². The van der Waals surface area contributed by atoms with Gasteiger partial charge in [0, 0.05) is 17.5 Å². The van der Waals surface area contributed by atoms with Gasteiger partial charge in [0.25, 0.3) is 0 Å². The summed E-state index contributed by atoms with van der Waals surface area (Å²) in [6.07, 6.45) is 2.98. The number of nitrogens with one attached hydrogen (secondary N) is 2. The molecule has 1 aromatic carbocycles. The van der Waals surface area contributed by atoms with E-state index in [1.54, 1.807) is 24.3 Å². The maximum absolute atomic E-state index is 12.1. The van der Waals surface area contributed by atoms with Crippen LogP contribution in [0.5, 0.6) is 0 Å². The van der Waals surface area contributed by atoms with Gasteiger partial charge >= 0.3 is 0 Å². The lowest BCUT2D eigenvalue weighted by molar-refractivity contribution is -0.122. The Morgan fingerprint density at radius 2 is 1.86 bits per heavy atom. The van der Waals surface area contributed by atoms with Crippen LogP contribution in [0.2, 0.25) is 5.02 Å². The molecule has 1 aromatic rings. The number of hydrogen-bond donors (Lipinski definition) is 2. The smallest absolute Gasteiger partial charge is 0.222 e. The second-order valence-electron chi connectivity index (χ2n) is 5.46. The lowest BCUT2D eigenvalue weighted by atomic mass is 10.0. The number of carbonyl (C=O) groups excluding carboxylic acids is 1. The molecule has 22 heavy (non-hydrogen) atoms. The van der Waals surface area contributed by atoms with Crippen LogP contribution >= 0.6 is 11.6 Å². The summed E-state index contributed by atoms with van der Waals surface area (Å²) in [4.78, 5) is 12.1. The minimum atomic E-state index is -3.43. The lowest BCUT2D eigenvalue weighted by Crippen LogP contribution is -2.36. The number of rotatable bonds is 8. The Morgan fingerprint density at radius 1 is 1.27 bits per heavy atom. The van der Waals surface area contributed by atoms with Crippen LogP contribution in [0.3, 0.4) is 0 Å². The molecule has 2 N–H and O–H groups in total. The van der Waals surface area contributed by atoms with Crippen LogP contribution in [0, 0.1) is 0 Å². The van der Waals surface area contributed by atoms with E-state index in [1.165, 1.54) is 0 Å². The number of amides is 1. The standard InChI is InChI=1S/C15H23ClN2O3S/c1-4-5-11(2)17-15(19)10-14(18-22(3,20)21)12-6-8-13(16)9-7-12/h6-9,11,14,18H,4-5,10H2,1-3H3,(H,17,19)/t11-,14-/m1/s1. The molecule has 0 aliphatic carbocycles. The van der Waals surface area contributed by atoms with E-state index >= 15 is 0 Å². The van der Waals surface area contributed by atoms with Gasteiger partial charge in [-0.3, -0.25) is 4.79 Å². The first-order valence-electron chi connectivity index (χ1n) is 7.23. The fraction of sp³-hybridized carbons (Fsp3) is 0.533. The van der Waals surface area contributed by atoms with Crippen molar-refractivity contribution in [3.05, 3.63) is 34.9 Å². The van der Waals surface area contributed by atoms with Crippen LogP contribution in [0.4, 0.5) is 0 Å². The quantitative estimate of drug-likeness (QED) is 0.759. The Kier molecular flexibility index (Phi) is 7.32. The molecule has 124 valence electrons. The maximum atomic E-state index is 12.1. The predicted octanol–water partition coefficient (Wildman–Crippen LogP) is 2.63. The van der Waals surface area contributed by atoms with E-state index in [0.717, 1.165) is 19.1 Å². The molecule has 1 amide bonds. The fourth-order valence-electron chi connectivity index (χ4n) is 2.21. The van der Waals surface area contributed by atoms with Crippen LogP contribution < -0.4 is 10.0 Å². The Labute approximate surface area is 137 Å². The predicted molar refractivity (Wildman–Crippen MR) is 89.3 cm³/mol. The van der Waals surface area contributed by atoms with E-state index < -0.39 is 16.1 Å². The molecular weight excluding hydrogens is 324 g/mol. The van der Waals surface area contributed by atoms with Crippen molar-refractivity contribution in [2.45, 2.75) is 45.2 Å². The minimum absolute atomic E-state index is 0.0444. The van der Waals surface area contributed by atoms with Crippen LogP contribution in [0.15, 0.2) is 24.3 Å². The molecule has 1 rings (SSSR count). The zero-order chi connectivity index (χ0) is 16.8. The van der Waals surface area contributed by atoms with E-state index in [-0.39, 0.29) is 18.4 Å². The topological polar surface area (TPSA) is 75.3 Å². The summed E-state index contributed by atoms with van der Waals surface area (Å²) < 4.78 is 25.5. The van der Waals surface area contributed by atoms with Crippen LogP contribution in [0.1, 0.15) is 44.7 Å². The minimum Gasteiger partial charge on any atom is -0.354 e. The summed E-state index contributed by atoms with van der Waals surface area (Å²) >= 11 is 5.84. The van der Waals surface area contributed by atoms with Crippen molar-refractivity contribution in [3.63, 3.8) is 0 Å². The molecule has 5 nitrogen and oxygen atoms in total. The van der Waals surface area contributed by atoms with Gasteiger partial charge in [-0.15, -0.1) is 0 Å². The van der Waals surface area contributed by atoms with Gasteiger partial charge < -0.3 is 5.32 Å². The van der Waals surface area contributed by atoms with Crippen molar-refractivity contribution in [1.82, 2.24) is 10.0 Å². The van der Waals surface area contributed by atoms with Crippen molar-refractivity contribution in [2.24, 2.45) is 0 Å². The highest BCUT2D eigenvalue weighted by molar-refractivity contribution is 7.88. The van der Waals surface area contributed by atoms with E-state index in [2.05, 4.69) is 10.0 Å². The number of sulfonamides is 1. The maximum Gasteiger partial charge on any atom is 0.222 e. The first-order valence-corrected chi connectivity index (χ1v) is 9.50. The van der Waals surface area contributed by atoms with E-state index in [4.69, 9.17) is 11.6 Å². The van der Waals surface area contributed by atoms with Crippen molar-refractivity contribution in [2.75, 3.05) is 6.26 Å². The third kappa shape index (κ3) is 7.24. The largest absolute Gasteiger partial charge is 0.354 e. The monoisotopic (exact) mass is 346 g/mol. The summed E-state index contributed by atoms with van der Waals surface area (Å²) in [5.74, 6) is -0.183. The molecule has 0 spiro atoms. The second kappa shape index (κ2) is 8.50. The Balaban J connectivity index is 2.82.